The molecule has 0 aromatic heterocycles. The van der Waals surface area contributed by atoms with Crippen molar-refractivity contribution in [2.24, 2.45) is 4.99 Å². The highest BCUT2D eigenvalue weighted by molar-refractivity contribution is 6.03. The number of nitrogens with one attached hydrogen (secondary N) is 1. The van der Waals surface area contributed by atoms with Crippen LogP contribution in [-0.2, 0) is 6.42 Å². The van der Waals surface area contributed by atoms with Crippen LogP contribution in [-0.4, -0.2) is 24.0 Å². The maximum atomic E-state index is 10.7. The number of aromatic carboxylic acids is 1. The Balaban J connectivity index is 2.40. The zero-order chi connectivity index (χ0) is 10.1. The number of fused-ring (bicyclic) bond motifs is 1. The molecule has 0 bridgehead atoms. The quantitative estimate of drug-likeness (QED) is 0.703. The fraction of sp³-hybridized carbons (Fsp3) is 0.200. The van der Waals surface area contributed by atoms with Gasteiger partial charge in [0.25, 0.3) is 0 Å². The second kappa shape index (κ2) is 3.14. The molecule has 0 saturated heterocycles. The smallest absolute Gasteiger partial charge is 0.335 e. The number of rotatable bonds is 1. The van der Waals surface area contributed by atoms with Gasteiger partial charge in [-0.3, -0.25) is 4.99 Å². The Hall–Kier alpha value is -1.84. The summed E-state index contributed by atoms with van der Waals surface area (Å²) in [5, 5.41) is 11.9. The van der Waals surface area contributed by atoms with Gasteiger partial charge in [-0.15, -0.1) is 0 Å². The standard InChI is InChI=1S/C10H10N2O2/c1-11-9-5-7-4-6(10(13)14)2-3-8(7)12-9/h2-4H,5H2,1H3,(H,11,12)(H,13,14). The van der Waals surface area contributed by atoms with Crippen molar-refractivity contribution in [3.8, 4) is 0 Å². The molecule has 1 heterocycles. The third-order valence-corrected chi connectivity index (χ3v) is 2.26. The van der Waals surface area contributed by atoms with Gasteiger partial charge in [-0.1, -0.05) is 0 Å². The SMILES string of the molecule is C/N=C1/Cc2cc(C(=O)O)ccc2N1. The van der Waals surface area contributed by atoms with Gasteiger partial charge in [0, 0.05) is 19.2 Å². The molecule has 0 unspecified atom stereocenters. The van der Waals surface area contributed by atoms with Crippen LogP contribution < -0.4 is 5.32 Å². The lowest BCUT2D eigenvalue weighted by atomic mass is 10.1. The Morgan fingerprint density at radius 1 is 1.57 bits per heavy atom. The lowest BCUT2D eigenvalue weighted by molar-refractivity contribution is 0.0697. The molecule has 0 amide bonds. The molecule has 0 spiro atoms. The minimum Gasteiger partial charge on any atom is -0.478 e. The van der Waals surface area contributed by atoms with Crippen LogP contribution >= 0.6 is 0 Å². The zero-order valence-electron chi connectivity index (χ0n) is 7.74. The third-order valence-electron chi connectivity index (χ3n) is 2.26. The topological polar surface area (TPSA) is 61.7 Å². The summed E-state index contributed by atoms with van der Waals surface area (Å²) >= 11 is 0. The highest BCUT2D eigenvalue weighted by Gasteiger charge is 2.16. The molecule has 1 aliphatic rings. The Morgan fingerprint density at radius 2 is 2.36 bits per heavy atom. The van der Waals surface area contributed by atoms with Crippen LogP contribution in [0.1, 0.15) is 15.9 Å². The van der Waals surface area contributed by atoms with Crippen molar-refractivity contribution >= 4 is 17.5 Å². The number of amidine groups is 1. The number of nitrogens with zero attached hydrogens (tertiary/aromatic N) is 1. The van der Waals surface area contributed by atoms with Crippen LogP contribution in [0.4, 0.5) is 5.69 Å². The van der Waals surface area contributed by atoms with E-state index in [0.717, 1.165) is 17.1 Å². The molecule has 1 aliphatic heterocycles. The van der Waals surface area contributed by atoms with E-state index in [0.29, 0.717) is 12.0 Å². The van der Waals surface area contributed by atoms with Gasteiger partial charge in [-0.05, 0) is 23.8 Å². The van der Waals surface area contributed by atoms with E-state index in [1.54, 1.807) is 25.2 Å². The normalized spacial score (nSPS) is 16.5. The lowest BCUT2D eigenvalue weighted by Crippen LogP contribution is -2.04. The summed E-state index contributed by atoms with van der Waals surface area (Å²) in [7, 11) is 1.71. The van der Waals surface area contributed by atoms with Crippen LogP contribution in [0, 0.1) is 0 Å². The van der Waals surface area contributed by atoms with Gasteiger partial charge >= 0.3 is 5.97 Å². The van der Waals surface area contributed by atoms with Crippen LogP contribution in [0.5, 0.6) is 0 Å². The van der Waals surface area contributed by atoms with E-state index in [2.05, 4.69) is 10.3 Å². The molecule has 1 aromatic carbocycles. The maximum absolute atomic E-state index is 10.7. The van der Waals surface area contributed by atoms with Crippen molar-refractivity contribution in [1.82, 2.24) is 0 Å². The van der Waals surface area contributed by atoms with Gasteiger partial charge in [0.15, 0.2) is 0 Å². The summed E-state index contributed by atoms with van der Waals surface area (Å²) in [6.45, 7) is 0. The molecule has 0 radical (unpaired) electrons. The van der Waals surface area contributed by atoms with E-state index in [-0.39, 0.29) is 0 Å². The van der Waals surface area contributed by atoms with Crippen LogP contribution in [0.25, 0.3) is 0 Å². The monoisotopic (exact) mass is 190 g/mol. The van der Waals surface area contributed by atoms with Crippen molar-refractivity contribution in [3.05, 3.63) is 29.3 Å². The van der Waals surface area contributed by atoms with E-state index < -0.39 is 5.97 Å². The molecular formula is C10H10N2O2. The average molecular weight is 190 g/mol. The fourth-order valence-corrected chi connectivity index (χ4v) is 1.51. The molecule has 0 aliphatic carbocycles. The second-order valence-electron chi connectivity index (χ2n) is 3.15. The van der Waals surface area contributed by atoms with Gasteiger partial charge in [-0.2, -0.15) is 0 Å². The Bertz CT molecular complexity index is 424. The molecule has 0 atom stereocenters. The summed E-state index contributed by atoms with van der Waals surface area (Å²) < 4.78 is 0. The average Bonchev–Trinajstić information content (AvgIpc) is 2.58. The lowest BCUT2D eigenvalue weighted by Gasteiger charge is -1.99. The number of hydrogen-bond acceptors (Lipinski definition) is 2. The maximum Gasteiger partial charge on any atom is 0.335 e. The summed E-state index contributed by atoms with van der Waals surface area (Å²) in [5.41, 5.74) is 2.27. The van der Waals surface area contributed by atoms with Crippen molar-refractivity contribution in [2.45, 2.75) is 6.42 Å². The molecule has 1 aromatic rings. The van der Waals surface area contributed by atoms with Crippen LogP contribution in [0.15, 0.2) is 23.2 Å². The van der Waals surface area contributed by atoms with Crippen molar-refractivity contribution in [2.75, 3.05) is 12.4 Å². The number of benzene rings is 1. The van der Waals surface area contributed by atoms with E-state index in [4.69, 9.17) is 5.11 Å². The highest BCUT2D eigenvalue weighted by atomic mass is 16.4. The molecular weight excluding hydrogens is 180 g/mol. The van der Waals surface area contributed by atoms with E-state index in [9.17, 15) is 4.79 Å². The van der Waals surface area contributed by atoms with Crippen LogP contribution in [0.3, 0.4) is 0 Å². The number of carboxylic acids is 1. The largest absolute Gasteiger partial charge is 0.478 e. The summed E-state index contributed by atoms with van der Waals surface area (Å²) in [5.74, 6) is -0.0165. The van der Waals surface area contributed by atoms with Gasteiger partial charge in [0.05, 0.1) is 5.56 Å². The van der Waals surface area contributed by atoms with E-state index in [1.807, 2.05) is 0 Å². The summed E-state index contributed by atoms with van der Waals surface area (Å²) in [6.07, 6.45) is 0.687. The van der Waals surface area contributed by atoms with Crippen molar-refractivity contribution in [1.29, 1.82) is 0 Å². The number of carbonyl (C=O) groups is 1. The molecule has 14 heavy (non-hydrogen) atoms. The Morgan fingerprint density at radius 3 is 3.00 bits per heavy atom. The van der Waals surface area contributed by atoms with Gasteiger partial charge < -0.3 is 10.4 Å². The zero-order valence-corrected chi connectivity index (χ0v) is 7.74. The van der Waals surface area contributed by atoms with Gasteiger partial charge in [-0.25, -0.2) is 4.79 Å². The molecule has 2 rings (SSSR count). The number of carboxylic acid groups (broad SMARTS) is 1. The predicted octanol–water partition coefficient (Wildman–Crippen LogP) is 1.38. The first-order chi connectivity index (χ1) is 6.70. The highest BCUT2D eigenvalue weighted by Crippen LogP contribution is 2.24. The predicted molar refractivity (Wildman–Crippen MR) is 54.1 cm³/mol. The van der Waals surface area contributed by atoms with Gasteiger partial charge in [0.2, 0.25) is 0 Å². The summed E-state index contributed by atoms with van der Waals surface area (Å²) in [6, 6.07) is 5.05. The fourth-order valence-electron chi connectivity index (χ4n) is 1.51. The number of hydrogen-bond donors (Lipinski definition) is 2. The minimum absolute atomic E-state index is 0.322. The van der Waals surface area contributed by atoms with Crippen molar-refractivity contribution in [3.63, 3.8) is 0 Å². The molecule has 4 nitrogen and oxygen atoms in total. The van der Waals surface area contributed by atoms with Crippen molar-refractivity contribution < 1.29 is 9.90 Å². The van der Waals surface area contributed by atoms with Crippen LogP contribution in [0.2, 0.25) is 0 Å². The first kappa shape index (κ1) is 8.74. The number of anilines is 1. The van der Waals surface area contributed by atoms with E-state index in [1.165, 1.54) is 0 Å². The minimum atomic E-state index is -0.894. The van der Waals surface area contributed by atoms with Gasteiger partial charge in [0.1, 0.15) is 5.84 Å². The first-order valence-corrected chi connectivity index (χ1v) is 4.29. The molecule has 72 valence electrons. The second-order valence-corrected chi connectivity index (χ2v) is 3.15. The molecule has 0 saturated carbocycles. The summed E-state index contributed by atoms with van der Waals surface area (Å²) in [4.78, 5) is 14.7. The Kier molecular flexibility index (Phi) is 1.96. The third kappa shape index (κ3) is 1.35. The molecule has 0 fully saturated rings. The molecule has 4 heteroatoms. The number of aliphatic imine (C=N–C) groups is 1. The molecule has 2 N–H and O–H groups in total. The Labute approximate surface area is 81.3 Å². The van der Waals surface area contributed by atoms with E-state index >= 15 is 0 Å². The first-order valence-electron chi connectivity index (χ1n) is 4.29.